The van der Waals surface area contributed by atoms with Gasteiger partial charge in [0.25, 0.3) is 0 Å². The van der Waals surface area contributed by atoms with Crippen molar-refractivity contribution in [3.63, 3.8) is 0 Å². The molecule has 0 saturated heterocycles. The number of hydrogen-bond acceptors (Lipinski definition) is 2. The minimum absolute atomic E-state index is 0.0643. The predicted octanol–water partition coefficient (Wildman–Crippen LogP) is 6.65. The fourth-order valence-electron chi connectivity index (χ4n) is 2.88. The summed E-state index contributed by atoms with van der Waals surface area (Å²) < 4.78 is 5.50. The Hall–Kier alpha value is -2.29. The SMILES string of the molecule is CCCCCCCC(C)OC(=O)Nc1ccccc1-c1ccccc1. The molecule has 0 fully saturated rings. The third kappa shape index (κ3) is 6.61. The summed E-state index contributed by atoms with van der Waals surface area (Å²) in [5, 5.41) is 2.89. The van der Waals surface area contributed by atoms with E-state index in [4.69, 9.17) is 4.74 Å². The van der Waals surface area contributed by atoms with Gasteiger partial charge in [-0.3, -0.25) is 5.32 Å². The minimum Gasteiger partial charge on any atom is -0.446 e. The maximum Gasteiger partial charge on any atom is 0.411 e. The highest BCUT2D eigenvalue weighted by atomic mass is 16.6. The van der Waals surface area contributed by atoms with Gasteiger partial charge in [0.15, 0.2) is 0 Å². The van der Waals surface area contributed by atoms with Gasteiger partial charge in [0.2, 0.25) is 0 Å². The zero-order valence-corrected chi connectivity index (χ0v) is 15.3. The van der Waals surface area contributed by atoms with E-state index < -0.39 is 0 Å². The van der Waals surface area contributed by atoms with E-state index >= 15 is 0 Å². The lowest BCUT2D eigenvalue weighted by atomic mass is 10.0. The molecule has 3 heteroatoms. The fraction of sp³-hybridized carbons (Fsp3) is 0.409. The fourth-order valence-corrected chi connectivity index (χ4v) is 2.88. The zero-order valence-electron chi connectivity index (χ0n) is 15.3. The van der Waals surface area contributed by atoms with Crippen LogP contribution in [0.1, 0.15) is 52.4 Å². The van der Waals surface area contributed by atoms with Gasteiger partial charge in [-0.1, -0.05) is 81.1 Å². The van der Waals surface area contributed by atoms with Gasteiger partial charge in [0, 0.05) is 5.56 Å². The first-order valence-corrected chi connectivity index (χ1v) is 9.32. The van der Waals surface area contributed by atoms with Crippen molar-refractivity contribution >= 4 is 11.8 Å². The highest BCUT2D eigenvalue weighted by Crippen LogP contribution is 2.27. The van der Waals surface area contributed by atoms with Gasteiger partial charge in [-0.2, -0.15) is 0 Å². The molecule has 0 spiro atoms. The molecule has 1 unspecified atom stereocenters. The van der Waals surface area contributed by atoms with Crippen LogP contribution in [0.25, 0.3) is 11.1 Å². The van der Waals surface area contributed by atoms with Crippen LogP contribution in [0.4, 0.5) is 10.5 Å². The van der Waals surface area contributed by atoms with Crippen molar-refractivity contribution in [2.45, 2.75) is 58.5 Å². The number of unbranched alkanes of at least 4 members (excludes halogenated alkanes) is 4. The van der Waals surface area contributed by atoms with Crippen LogP contribution in [-0.2, 0) is 4.74 Å². The van der Waals surface area contributed by atoms with Crippen molar-refractivity contribution in [2.75, 3.05) is 5.32 Å². The van der Waals surface area contributed by atoms with E-state index in [9.17, 15) is 4.79 Å². The molecule has 1 atom stereocenters. The maximum atomic E-state index is 12.2. The molecule has 1 amide bonds. The number of rotatable bonds is 9. The van der Waals surface area contributed by atoms with E-state index in [1.807, 2.05) is 61.5 Å². The molecule has 134 valence electrons. The number of amides is 1. The zero-order chi connectivity index (χ0) is 17.9. The smallest absolute Gasteiger partial charge is 0.411 e. The highest BCUT2D eigenvalue weighted by Gasteiger charge is 2.12. The van der Waals surface area contributed by atoms with Crippen molar-refractivity contribution in [2.24, 2.45) is 0 Å². The quantitative estimate of drug-likeness (QED) is 0.519. The van der Waals surface area contributed by atoms with E-state index in [0.717, 1.165) is 29.7 Å². The average Bonchev–Trinajstić information content (AvgIpc) is 2.62. The second-order valence-corrected chi connectivity index (χ2v) is 6.46. The second-order valence-electron chi connectivity index (χ2n) is 6.46. The van der Waals surface area contributed by atoms with Crippen LogP contribution in [0.2, 0.25) is 0 Å². The third-order valence-electron chi connectivity index (χ3n) is 4.27. The van der Waals surface area contributed by atoms with Crippen LogP contribution in [-0.4, -0.2) is 12.2 Å². The van der Waals surface area contributed by atoms with E-state index in [-0.39, 0.29) is 12.2 Å². The lowest BCUT2D eigenvalue weighted by Gasteiger charge is -2.15. The molecule has 0 bridgehead atoms. The number of carbonyl (C=O) groups excluding carboxylic acids is 1. The molecule has 0 aromatic heterocycles. The van der Waals surface area contributed by atoms with Crippen LogP contribution < -0.4 is 5.32 Å². The Bertz CT molecular complexity index is 639. The lowest BCUT2D eigenvalue weighted by Crippen LogP contribution is -2.20. The van der Waals surface area contributed by atoms with Crippen molar-refractivity contribution in [1.82, 2.24) is 0 Å². The minimum atomic E-state index is -0.385. The van der Waals surface area contributed by atoms with Crippen molar-refractivity contribution in [1.29, 1.82) is 0 Å². The first kappa shape index (κ1) is 19.0. The van der Waals surface area contributed by atoms with E-state index in [0.29, 0.717) is 0 Å². The summed E-state index contributed by atoms with van der Waals surface area (Å²) in [5.41, 5.74) is 2.84. The first-order chi connectivity index (χ1) is 12.2. The summed E-state index contributed by atoms with van der Waals surface area (Å²) in [7, 11) is 0. The summed E-state index contributed by atoms with van der Waals surface area (Å²) in [6.45, 7) is 4.17. The number of ether oxygens (including phenoxy) is 1. The molecule has 3 nitrogen and oxygen atoms in total. The highest BCUT2D eigenvalue weighted by molar-refractivity contribution is 5.91. The van der Waals surface area contributed by atoms with Gasteiger partial charge in [-0.15, -0.1) is 0 Å². The van der Waals surface area contributed by atoms with E-state index in [1.54, 1.807) is 0 Å². The number of para-hydroxylation sites is 1. The molecule has 0 aliphatic rings. The Labute approximate surface area is 151 Å². The molecule has 1 N–H and O–H groups in total. The normalized spacial score (nSPS) is 11.8. The van der Waals surface area contributed by atoms with Gasteiger partial charge in [0.05, 0.1) is 5.69 Å². The molecule has 2 rings (SSSR count). The Kier molecular flexibility index (Phi) is 8.03. The summed E-state index contributed by atoms with van der Waals surface area (Å²) in [6.07, 6.45) is 6.57. The van der Waals surface area contributed by atoms with Crippen molar-refractivity contribution < 1.29 is 9.53 Å². The monoisotopic (exact) mass is 339 g/mol. The summed E-state index contributed by atoms with van der Waals surface area (Å²) in [5.74, 6) is 0. The van der Waals surface area contributed by atoms with Crippen LogP contribution in [0, 0.1) is 0 Å². The van der Waals surface area contributed by atoms with Crippen LogP contribution in [0.15, 0.2) is 54.6 Å². The van der Waals surface area contributed by atoms with Crippen LogP contribution >= 0.6 is 0 Å². The molecule has 25 heavy (non-hydrogen) atoms. The number of anilines is 1. The van der Waals surface area contributed by atoms with Crippen LogP contribution in [0.5, 0.6) is 0 Å². The van der Waals surface area contributed by atoms with E-state index in [1.165, 1.54) is 25.7 Å². The molecule has 2 aromatic rings. The van der Waals surface area contributed by atoms with Crippen LogP contribution in [0.3, 0.4) is 0 Å². The Balaban J connectivity index is 1.87. The topological polar surface area (TPSA) is 38.3 Å². The average molecular weight is 339 g/mol. The summed E-state index contributed by atoms with van der Waals surface area (Å²) in [6, 6.07) is 17.8. The standard InChI is InChI=1S/C22H29NO2/c1-3-4-5-6-8-13-18(2)25-22(24)23-21-17-12-11-16-20(21)19-14-9-7-10-15-19/h7,9-12,14-18H,3-6,8,13H2,1-2H3,(H,23,24). The molecule has 0 aliphatic heterocycles. The molecule has 2 aromatic carbocycles. The second kappa shape index (κ2) is 10.5. The molecule has 0 saturated carbocycles. The van der Waals surface area contributed by atoms with Gasteiger partial charge in [-0.05, 0) is 31.4 Å². The van der Waals surface area contributed by atoms with Gasteiger partial charge < -0.3 is 4.74 Å². The first-order valence-electron chi connectivity index (χ1n) is 9.32. The Morgan fingerprint density at radius 2 is 1.64 bits per heavy atom. The van der Waals surface area contributed by atoms with Crippen molar-refractivity contribution in [3.05, 3.63) is 54.6 Å². The third-order valence-corrected chi connectivity index (χ3v) is 4.27. The van der Waals surface area contributed by atoms with Crippen molar-refractivity contribution in [3.8, 4) is 11.1 Å². The largest absolute Gasteiger partial charge is 0.446 e. The van der Waals surface area contributed by atoms with Gasteiger partial charge in [-0.25, -0.2) is 4.79 Å². The number of nitrogens with one attached hydrogen (secondary N) is 1. The Morgan fingerprint density at radius 3 is 2.40 bits per heavy atom. The number of carbonyl (C=O) groups is 1. The molecule has 0 aliphatic carbocycles. The van der Waals surface area contributed by atoms with Gasteiger partial charge >= 0.3 is 6.09 Å². The molecular formula is C22H29NO2. The van der Waals surface area contributed by atoms with Gasteiger partial charge in [0.1, 0.15) is 6.10 Å². The lowest BCUT2D eigenvalue weighted by molar-refractivity contribution is 0.114. The number of benzene rings is 2. The molecule has 0 heterocycles. The maximum absolute atomic E-state index is 12.2. The Morgan fingerprint density at radius 1 is 0.960 bits per heavy atom. The summed E-state index contributed by atoms with van der Waals surface area (Å²) in [4.78, 5) is 12.2. The molecule has 0 radical (unpaired) electrons. The predicted molar refractivity (Wildman–Crippen MR) is 105 cm³/mol. The summed E-state index contributed by atoms with van der Waals surface area (Å²) >= 11 is 0. The number of hydrogen-bond donors (Lipinski definition) is 1. The molecular weight excluding hydrogens is 310 g/mol. The van der Waals surface area contributed by atoms with E-state index in [2.05, 4.69) is 12.2 Å².